The van der Waals surface area contributed by atoms with Crippen LogP contribution in [0.2, 0.25) is 0 Å². The predicted molar refractivity (Wildman–Crippen MR) is 82.6 cm³/mol. The fourth-order valence-electron chi connectivity index (χ4n) is 3.00. The fourth-order valence-corrected chi connectivity index (χ4v) is 3.00. The Morgan fingerprint density at radius 2 is 2.11 bits per heavy atom. The number of likely N-dealkylation sites (tertiary alicyclic amines) is 1. The second kappa shape index (κ2) is 8.23. The van der Waals surface area contributed by atoms with Crippen molar-refractivity contribution in [3.63, 3.8) is 0 Å². The van der Waals surface area contributed by atoms with E-state index in [9.17, 15) is 0 Å². The van der Waals surface area contributed by atoms with Gasteiger partial charge in [0, 0.05) is 32.3 Å². The molecule has 1 saturated heterocycles. The number of piperidine rings is 1. The van der Waals surface area contributed by atoms with E-state index in [0.29, 0.717) is 11.5 Å². The lowest BCUT2D eigenvalue weighted by Crippen LogP contribution is -2.50. The first-order valence-corrected chi connectivity index (χ1v) is 7.95. The standard InChI is InChI=1S/C16H34N2O/c1-6-9-17-15-7-10-18(14(2)12-15)13-16(3,4)8-11-19-5/h14-15,17H,6-13H2,1-5H3. The Balaban J connectivity index is 2.36. The Bertz CT molecular complexity index is 243. The fraction of sp³-hybridized carbons (Fsp3) is 1.00. The van der Waals surface area contributed by atoms with Crippen LogP contribution in [0.15, 0.2) is 0 Å². The maximum absolute atomic E-state index is 5.23. The number of nitrogens with zero attached hydrogens (tertiary/aromatic N) is 1. The summed E-state index contributed by atoms with van der Waals surface area (Å²) in [5.74, 6) is 0. The number of nitrogens with one attached hydrogen (secondary N) is 1. The molecule has 114 valence electrons. The van der Waals surface area contributed by atoms with Crippen LogP contribution in [0.5, 0.6) is 0 Å². The molecule has 1 N–H and O–H groups in total. The third kappa shape index (κ3) is 6.24. The zero-order chi connectivity index (χ0) is 14.3. The molecule has 0 spiro atoms. The topological polar surface area (TPSA) is 24.5 Å². The quantitative estimate of drug-likeness (QED) is 0.734. The van der Waals surface area contributed by atoms with Gasteiger partial charge in [0.05, 0.1) is 0 Å². The monoisotopic (exact) mass is 270 g/mol. The van der Waals surface area contributed by atoms with Gasteiger partial charge in [-0.25, -0.2) is 0 Å². The highest BCUT2D eigenvalue weighted by Crippen LogP contribution is 2.26. The third-order valence-corrected chi connectivity index (χ3v) is 4.31. The van der Waals surface area contributed by atoms with E-state index < -0.39 is 0 Å². The van der Waals surface area contributed by atoms with Gasteiger partial charge in [-0.15, -0.1) is 0 Å². The first kappa shape index (κ1) is 16.9. The zero-order valence-electron chi connectivity index (χ0n) is 13.7. The van der Waals surface area contributed by atoms with Crippen molar-refractivity contribution in [1.82, 2.24) is 10.2 Å². The minimum Gasteiger partial charge on any atom is -0.385 e. The number of methoxy groups -OCH3 is 1. The van der Waals surface area contributed by atoms with Crippen LogP contribution in [0, 0.1) is 5.41 Å². The first-order valence-electron chi connectivity index (χ1n) is 7.95. The predicted octanol–water partition coefficient (Wildman–Crippen LogP) is 2.90. The molecule has 0 amide bonds. The molecular formula is C16H34N2O. The molecule has 2 unspecified atom stereocenters. The molecule has 0 bridgehead atoms. The molecule has 3 nitrogen and oxygen atoms in total. The van der Waals surface area contributed by atoms with Crippen LogP contribution >= 0.6 is 0 Å². The van der Waals surface area contributed by atoms with Gasteiger partial charge >= 0.3 is 0 Å². The molecule has 0 aromatic rings. The van der Waals surface area contributed by atoms with E-state index in [1.54, 1.807) is 7.11 Å². The first-order chi connectivity index (χ1) is 8.98. The second-order valence-electron chi connectivity index (χ2n) is 6.90. The SMILES string of the molecule is CCCNC1CCN(CC(C)(C)CCOC)C(C)C1. The minimum absolute atomic E-state index is 0.355. The Morgan fingerprint density at radius 1 is 1.37 bits per heavy atom. The van der Waals surface area contributed by atoms with Crippen molar-refractivity contribution in [2.24, 2.45) is 5.41 Å². The molecule has 2 atom stereocenters. The molecule has 19 heavy (non-hydrogen) atoms. The lowest BCUT2D eigenvalue weighted by molar-refractivity contribution is 0.0693. The van der Waals surface area contributed by atoms with Gasteiger partial charge in [0.1, 0.15) is 0 Å². The summed E-state index contributed by atoms with van der Waals surface area (Å²) in [6, 6.07) is 1.43. The summed E-state index contributed by atoms with van der Waals surface area (Å²) in [5.41, 5.74) is 0.355. The number of hydrogen-bond donors (Lipinski definition) is 1. The van der Waals surface area contributed by atoms with Crippen molar-refractivity contribution >= 4 is 0 Å². The van der Waals surface area contributed by atoms with Crippen LogP contribution in [-0.2, 0) is 4.74 Å². The molecule has 0 radical (unpaired) electrons. The summed E-state index contributed by atoms with van der Waals surface area (Å²) in [6.07, 6.45) is 4.97. The van der Waals surface area contributed by atoms with Gasteiger partial charge < -0.3 is 15.0 Å². The Labute approximate surface area is 120 Å². The number of ether oxygens (including phenoxy) is 1. The van der Waals surface area contributed by atoms with E-state index in [1.807, 2.05) is 0 Å². The number of hydrogen-bond acceptors (Lipinski definition) is 3. The van der Waals surface area contributed by atoms with E-state index in [4.69, 9.17) is 4.74 Å². The molecule has 0 aromatic carbocycles. The Kier molecular flexibility index (Phi) is 7.33. The molecule has 1 fully saturated rings. The molecule has 1 aliphatic rings. The van der Waals surface area contributed by atoms with Gasteiger partial charge in [-0.05, 0) is 51.1 Å². The maximum Gasteiger partial charge on any atom is 0.0467 e. The summed E-state index contributed by atoms with van der Waals surface area (Å²) < 4.78 is 5.23. The second-order valence-corrected chi connectivity index (χ2v) is 6.90. The van der Waals surface area contributed by atoms with Crippen LogP contribution in [0.3, 0.4) is 0 Å². The lowest BCUT2D eigenvalue weighted by atomic mass is 9.87. The van der Waals surface area contributed by atoms with Gasteiger partial charge in [0.15, 0.2) is 0 Å². The van der Waals surface area contributed by atoms with Crippen molar-refractivity contribution in [1.29, 1.82) is 0 Å². The van der Waals surface area contributed by atoms with Crippen molar-refractivity contribution in [2.75, 3.05) is 33.4 Å². The van der Waals surface area contributed by atoms with Crippen LogP contribution in [0.25, 0.3) is 0 Å². The Hall–Kier alpha value is -0.120. The van der Waals surface area contributed by atoms with E-state index in [0.717, 1.165) is 25.6 Å². The van der Waals surface area contributed by atoms with E-state index >= 15 is 0 Å². The van der Waals surface area contributed by atoms with Crippen molar-refractivity contribution in [2.45, 2.75) is 65.5 Å². The highest BCUT2D eigenvalue weighted by Gasteiger charge is 2.29. The van der Waals surface area contributed by atoms with E-state index in [-0.39, 0.29) is 0 Å². The van der Waals surface area contributed by atoms with Crippen LogP contribution in [0.4, 0.5) is 0 Å². The van der Waals surface area contributed by atoms with Crippen LogP contribution < -0.4 is 5.32 Å². The molecular weight excluding hydrogens is 236 g/mol. The van der Waals surface area contributed by atoms with Gasteiger partial charge in [-0.1, -0.05) is 20.8 Å². The smallest absolute Gasteiger partial charge is 0.0467 e. The summed E-state index contributed by atoms with van der Waals surface area (Å²) >= 11 is 0. The zero-order valence-corrected chi connectivity index (χ0v) is 13.7. The van der Waals surface area contributed by atoms with E-state index in [1.165, 1.54) is 32.4 Å². The molecule has 3 heteroatoms. The molecule has 0 aliphatic carbocycles. The van der Waals surface area contributed by atoms with Gasteiger partial charge in [-0.3, -0.25) is 0 Å². The average molecular weight is 270 g/mol. The average Bonchev–Trinajstić information content (AvgIpc) is 2.37. The van der Waals surface area contributed by atoms with Gasteiger partial charge in [-0.2, -0.15) is 0 Å². The third-order valence-electron chi connectivity index (χ3n) is 4.31. The van der Waals surface area contributed by atoms with Crippen molar-refractivity contribution in [3.8, 4) is 0 Å². The van der Waals surface area contributed by atoms with Gasteiger partial charge in [0.2, 0.25) is 0 Å². The lowest BCUT2D eigenvalue weighted by Gasteiger charge is -2.42. The van der Waals surface area contributed by atoms with E-state index in [2.05, 4.69) is 37.9 Å². The molecule has 0 saturated carbocycles. The summed E-state index contributed by atoms with van der Waals surface area (Å²) in [6.45, 7) is 13.8. The van der Waals surface area contributed by atoms with Gasteiger partial charge in [0.25, 0.3) is 0 Å². The highest BCUT2D eigenvalue weighted by molar-refractivity contribution is 4.86. The van der Waals surface area contributed by atoms with Crippen LogP contribution in [-0.4, -0.2) is 50.3 Å². The molecule has 0 aromatic heterocycles. The molecule has 1 aliphatic heterocycles. The molecule has 1 rings (SSSR count). The largest absolute Gasteiger partial charge is 0.385 e. The normalized spacial score (nSPS) is 25.7. The summed E-state index contributed by atoms with van der Waals surface area (Å²) in [4.78, 5) is 2.67. The summed E-state index contributed by atoms with van der Waals surface area (Å²) in [5, 5.41) is 3.67. The summed E-state index contributed by atoms with van der Waals surface area (Å²) in [7, 11) is 1.80. The highest BCUT2D eigenvalue weighted by atomic mass is 16.5. The maximum atomic E-state index is 5.23. The molecule has 1 heterocycles. The number of rotatable bonds is 8. The van der Waals surface area contributed by atoms with Crippen LogP contribution in [0.1, 0.15) is 53.4 Å². The van der Waals surface area contributed by atoms with Crippen molar-refractivity contribution in [3.05, 3.63) is 0 Å². The Morgan fingerprint density at radius 3 is 2.68 bits per heavy atom. The minimum atomic E-state index is 0.355. The van der Waals surface area contributed by atoms with Crippen molar-refractivity contribution < 1.29 is 4.74 Å².